The molecular weight excluding hydrogens is 281 g/mol. The second-order valence-corrected chi connectivity index (χ2v) is 7.60. The lowest BCUT2D eigenvalue weighted by Gasteiger charge is -2.25. The molecule has 6 heteroatoms. The molecule has 0 heterocycles. The molecule has 0 bridgehead atoms. The first-order valence-corrected chi connectivity index (χ1v) is 8.33. The molecule has 0 aromatic heterocycles. The predicted octanol–water partition coefficient (Wildman–Crippen LogP) is 1.90. The first-order valence-electron chi connectivity index (χ1n) is 6.78. The van der Waals surface area contributed by atoms with Crippen LogP contribution in [0, 0.1) is 5.82 Å². The van der Waals surface area contributed by atoms with Crippen LogP contribution in [0.1, 0.15) is 38.2 Å². The highest BCUT2D eigenvalue weighted by Gasteiger charge is 2.31. The van der Waals surface area contributed by atoms with Gasteiger partial charge < -0.3 is 5.11 Å². The summed E-state index contributed by atoms with van der Waals surface area (Å²) in [5.74, 6) is -0.393. The Morgan fingerprint density at radius 2 is 1.85 bits per heavy atom. The van der Waals surface area contributed by atoms with E-state index in [1.54, 1.807) is 0 Å². The monoisotopic (exact) mass is 301 g/mol. The van der Waals surface area contributed by atoms with Crippen molar-refractivity contribution in [2.75, 3.05) is 6.54 Å². The summed E-state index contributed by atoms with van der Waals surface area (Å²) in [6, 6.07) is 5.41. The molecule has 0 radical (unpaired) electrons. The van der Waals surface area contributed by atoms with Crippen molar-refractivity contribution in [1.29, 1.82) is 0 Å². The molecule has 0 saturated heterocycles. The fourth-order valence-electron chi connectivity index (χ4n) is 2.47. The molecule has 1 aromatic carbocycles. The molecule has 1 aliphatic rings. The van der Waals surface area contributed by atoms with Crippen LogP contribution < -0.4 is 4.72 Å². The van der Waals surface area contributed by atoms with Crippen LogP contribution in [0.3, 0.4) is 0 Å². The van der Waals surface area contributed by atoms with Gasteiger partial charge in [-0.05, 0) is 37.5 Å². The lowest BCUT2D eigenvalue weighted by Crippen LogP contribution is -2.42. The standard InChI is InChI=1S/C14H20FNO3S/c1-14(17,11-6-8-12(15)9-7-11)10-16-20(18,19)13-4-2-3-5-13/h6-9,13,16-17H,2-5,10H2,1H3. The van der Waals surface area contributed by atoms with E-state index in [4.69, 9.17) is 0 Å². The summed E-state index contributed by atoms with van der Waals surface area (Å²) in [5.41, 5.74) is -0.882. The number of halogens is 1. The molecule has 4 nitrogen and oxygen atoms in total. The summed E-state index contributed by atoms with van der Waals surface area (Å²) in [6.45, 7) is 1.40. The smallest absolute Gasteiger partial charge is 0.214 e. The van der Waals surface area contributed by atoms with E-state index in [1.807, 2.05) is 0 Å². The Morgan fingerprint density at radius 1 is 1.30 bits per heavy atom. The maximum absolute atomic E-state index is 12.9. The zero-order chi connectivity index (χ0) is 14.8. The number of benzene rings is 1. The molecule has 1 unspecified atom stereocenters. The van der Waals surface area contributed by atoms with E-state index in [-0.39, 0.29) is 11.8 Å². The zero-order valence-electron chi connectivity index (χ0n) is 11.5. The quantitative estimate of drug-likeness (QED) is 0.873. The zero-order valence-corrected chi connectivity index (χ0v) is 12.3. The maximum atomic E-state index is 12.9. The Morgan fingerprint density at radius 3 is 2.40 bits per heavy atom. The van der Waals surface area contributed by atoms with Gasteiger partial charge in [-0.1, -0.05) is 25.0 Å². The van der Waals surface area contributed by atoms with E-state index in [1.165, 1.54) is 31.2 Å². The maximum Gasteiger partial charge on any atom is 0.214 e. The normalized spacial score (nSPS) is 19.9. The molecule has 1 aliphatic carbocycles. The molecule has 1 fully saturated rings. The SMILES string of the molecule is CC(O)(CNS(=O)(=O)C1CCCC1)c1ccc(F)cc1. The largest absolute Gasteiger partial charge is 0.384 e. The van der Waals surface area contributed by atoms with Gasteiger partial charge >= 0.3 is 0 Å². The van der Waals surface area contributed by atoms with E-state index in [9.17, 15) is 17.9 Å². The summed E-state index contributed by atoms with van der Waals surface area (Å²) in [6.07, 6.45) is 3.21. The molecule has 112 valence electrons. The van der Waals surface area contributed by atoms with E-state index >= 15 is 0 Å². The first kappa shape index (κ1) is 15.4. The van der Waals surface area contributed by atoms with Crippen LogP contribution in [0.4, 0.5) is 4.39 Å². The first-order chi connectivity index (χ1) is 9.31. The van der Waals surface area contributed by atoms with Crippen molar-refractivity contribution in [2.45, 2.75) is 43.5 Å². The third kappa shape index (κ3) is 3.56. The third-order valence-corrected chi connectivity index (χ3v) is 5.72. The van der Waals surface area contributed by atoms with E-state index in [2.05, 4.69) is 4.72 Å². The predicted molar refractivity (Wildman–Crippen MR) is 75.1 cm³/mol. The van der Waals surface area contributed by atoms with Crippen molar-refractivity contribution >= 4 is 10.0 Å². The molecule has 0 amide bonds. The molecule has 20 heavy (non-hydrogen) atoms. The summed E-state index contributed by atoms with van der Waals surface area (Å²) in [5, 5.41) is 9.98. The van der Waals surface area contributed by atoms with Crippen LogP contribution in [0.2, 0.25) is 0 Å². The van der Waals surface area contributed by atoms with Gasteiger partial charge in [-0.3, -0.25) is 0 Å². The van der Waals surface area contributed by atoms with Gasteiger partial charge in [0, 0.05) is 6.54 Å². The van der Waals surface area contributed by atoms with E-state index < -0.39 is 21.4 Å². The van der Waals surface area contributed by atoms with Gasteiger partial charge in [0.1, 0.15) is 11.4 Å². The molecular formula is C14H20FNO3S. The lowest BCUT2D eigenvalue weighted by atomic mass is 9.96. The fraction of sp³-hybridized carbons (Fsp3) is 0.571. The molecule has 1 atom stereocenters. The average molecular weight is 301 g/mol. The van der Waals surface area contributed by atoms with Gasteiger partial charge in [0.05, 0.1) is 5.25 Å². The minimum Gasteiger partial charge on any atom is -0.384 e. The number of sulfonamides is 1. The van der Waals surface area contributed by atoms with Crippen LogP contribution in [0.15, 0.2) is 24.3 Å². The highest BCUT2D eigenvalue weighted by atomic mass is 32.2. The Labute approximate surface area is 119 Å². The fourth-order valence-corrected chi connectivity index (χ4v) is 4.14. The summed E-state index contributed by atoms with van der Waals surface area (Å²) < 4.78 is 39.5. The Bertz CT molecular complexity index is 548. The third-order valence-electron chi connectivity index (χ3n) is 3.82. The average Bonchev–Trinajstić information content (AvgIpc) is 2.92. The number of aliphatic hydroxyl groups is 1. The Balaban J connectivity index is 2.03. The van der Waals surface area contributed by atoms with Crippen molar-refractivity contribution in [2.24, 2.45) is 0 Å². The lowest BCUT2D eigenvalue weighted by molar-refractivity contribution is 0.0626. The highest BCUT2D eigenvalue weighted by Crippen LogP contribution is 2.25. The molecule has 2 N–H and O–H groups in total. The highest BCUT2D eigenvalue weighted by molar-refractivity contribution is 7.90. The topological polar surface area (TPSA) is 66.4 Å². The summed E-state index contributed by atoms with van der Waals surface area (Å²) in [4.78, 5) is 0. The second-order valence-electron chi connectivity index (χ2n) is 5.55. The summed E-state index contributed by atoms with van der Waals surface area (Å²) in [7, 11) is -3.39. The van der Waals surface area contributed by atoms with Crippen LogP contribution in [-0.4, -0.2) is 25.3 Å². The van der Waals surface area contributed by atoms with Crippen molar-refractivity contribution in [3.63, 3.8) is 0 Å². The van der Waals surface area contributed by atoms with Crippen LogP contribution in [0.25, 0.3) is 0 Å². The van der Waals surface area contributed by atoms with Gasteiger partial charge in [0.15, 0.2) is 0 Å². The minimum atomic E-state index is -3.39. The molecule has 1 saturated carbocycles. The molecule has 1 aromatic rings. The second kappa shape index (κ2) is 5.79. The van der Waals surface area contributed by atoms with Gasteiger partial charge in [0.2, 0.25) is 10.0 Å². The van der Waals surface area contributed by atoms with Gasteiger partial charge in [-0.2, -0.15) is 0 Å². The number of rotatable bonds is 5. The molecule has 0 aliphatic heterocycles. The van der Waals surface area contributed by atoms with Crippen LogP contribution in [-0.2, 0) is 15.6 Å². The minimum absolute atomic E-state index is 0.114. The van der Waals surface area contributed by atoms with E-state index in [0.717, 1.165) is 12.8 Å². The number of hydrogen-bond donors (Lipinski definition) is 2. The molecule has 0 spiro atoms. The Kier molecular flexibility index (Phi) is 4.46. The van der Waals surface area contributed by atoms with Crippen molar-refractivity contribution in [3.8, 4) is 0 Å². The number of hydrogen-bond acceptors (Lipinski definition) is 3. The van der Waals surface area contributed by atoms with E-state index in [0.29, 0.717) is 18.4 Å². The Hall–Kier alpha value is -0.980. The van der Waals surface area contributed by atoms with Crippen molar-refractivity contribution in [3.05, 3.63) is 35.6 Å². The van der Waals surface area contributed by atoms with Gasteiger partial charge in [-0.15, -0.1) is 0 Å². The van der Waals surface area contributed by atoms with Gasteiger partial charge in [0.25, 0.3) is 0 Å². The van der Waals surface area contributed by atoms with Gasteiger partial charge in [-0.25, -0.2) is 17.5 Å². The van der Waals surface area contributed by atoms with Crippen molar-refractivity contribution in [1.82, 2.24) is 4.72 Å². The number of nitrogens with one attached hydrogen (secondary N) is 1. The van der Waals surface area contributed by atoms with Crippen LogP contribution >= 0.6 is 0 Å². The van der Waals surface area contributed by atoms with Crippen molar-refractivity contribution < 1.29 is 17.9 Å². The molecule has 2 rings (SSSR count). The summed E-state index contributed by atoms with van der Waals surface area (Å²) >= 11 is 0. The van der Waals surface area contributed by atoms with Crippen LogP contribution in [0.5, 0.6) is 0 Å².